The van der Waals surface area contributed by atoms with Gasteiger partial charge in [-0.15, -0.1) is 0 Å². The van der Waals surface area contributed by atoms with Crippen LogP contribution in [0.5, 0.6) is 23.0 Å². The van der Waals surface area contributed by atoms with Crippen LogP contribution in [0.4, 0.5) is 5.69 Å². The topological polar surface area (TPSA) is 95.1 Å². The van der Waals surface area contributed by atoms with Crippen molar-refractivity contribution in [1.29, 1.82) is 0 Å². The van der Waals surface area contributed by atoms with Crippen molar-refractivity contribution in [3.63, 3.8) is 0 Å². The van der Waals surface area contributed by atoms with Gasteiger partial charge < -0.3 is 29.6 Å². The summed E-state index contributed by atoms with van der Waals surface area (Å²) in [5.74, 6) is 1.72. The Bertz CT molecular complexity index is 1100. The van der Waals surface area contributed by atoms with Crippen LogP contribution in [0.1, 0.15) is 24.2 Å². The van der Waals surface area contributed by atoms with Crippen molar-refractivity contribution >= 4 is 17.5 Å². The van der Waals surface area contributed by atoms with Gasteiger partial charge in [0.25, 0.3) is 11.8 Å². The molecule has 35 heavy (non-hydrogen) atoms. The molecule has 0 aliphatic carbocycles. The summed E-state index contributed by atoms with van der Waals surface area (Å²) in [7, 11) is 0. The smallest absolute Gasteiger partial charge is 0.257 e. The quantitative estimate of drug-likeness (QED) is 0.356. The number of para-hydroxylation sites is 1. The van der Waals surface area contributed by atoms with E-state index in [0.717, 1.165) is 5.75 Å². The van der Waals surface area contributed by atoms with E-state index in [4.69, 9.17) is 18.9 Å². The van der Waals surface area contributed by atoms with Crippen LogP contribution in [0.15, 0.2) is 72.8 Å². The van der Waals surface area contributed by atoms with Crippen LogP contribution in [0.25, 0.3) is 0 Å². The Balaban J connectivity index is 1.58. The molecule has 3 aromatic rings. The number of carbonyl (C=O) groups excluding carboxylic acids is 2. The van der Waals surface area contributed by atoms with E-state index in [9.17, 15) is 9.59 Å². The molecule has 0 aliphatic rings. The van der Waals surface area contributed by atoms with E-state index in [-0.39, 0.29) is 18.4 Å². The number of hydrogen-bond acceptors (Lipinski definition) is 6. The van der Waals surface area contributed by atoms with Gasteiger partial charge in [-0.05, 0) is 56.3 Å². The molecule has 0 fully saturated rings. The first-order valence-electron chi connectivity index (χ1n) is 11.5. The first-order chi connectivity index (χ1) is 17.1. The fourth-order valence-electron chi connectivity index (χ4n) is 3.13. The highest BCUT2D eigenvalue weighted by Crippen LogP contribution is 2.29. The normalized spacial score (nSPS) is 10.2. The van der Waals surface area contributed by atoms with Crippen LogP contribution in [-0.2, 0) is 4.79 Å². The first-order valence-corrected chi connectivity index (χ1v) is 11.5. The Labute approximate surface area is 205 Å². The van der Waals surface area contributed by atoms with Gasteiger partial charge in [-0.3, -0.25) is 9.59 Å². The summed E-state index contributed by atoms with van der Waals surface area (Å²) >= 11 is 0. The molecule has 8 nitrogen and oxygen atoms in total. The summed E-state index contributed by atoms with van der Waals surface area (Å²) < 4.78 is 22.6. The lowest BCUT2D eigenvalue weighted by molar-refractivity contribution is -0.122. The maximum absolute atomic E-state index is 12.8. The molecule has 0 saturated carbocycles. The molecular formula is C27H30N2O6. The fraction of sp³-hybridized carbons (Fsp3) is 0.259. The van der Waals surface area contributed by atoms with Gasteiger partial charge in [0, 0.05) is 23.9 Å². The van der Waals surface area contributed by atoms with Crippen molar-refractivity contribution in [2.45, 2.75) is 13.8 Å². The number of nitrogens with one attached hydrogen (secondary N) is 2. The van der Waals surface area contributed by atoms with Gasteiger partial charge >= 0.3 is 0 Å². The molecule has 0 atom stereocenters. The van der Waals surface area contributed by atoms with Gasteiger partial charge in [-0.25, -0.2) is 0 Å². The molecule has 184 valence electrons. The predicted octanol–water partition coefficient (Wildman–Crippen LogP) is 4.31. The Kier molecular flexibility index (Phi) is 9.80. The van der Waals surface area contributed by atoms with Gasteiger partial charge in [0.15, 0.2) is 18.1 Å². The molecule has 0 saturated heterocycles. The van der Waals surface area contributed by atoms with Crippen LogP contribution in [0.3, 0.4) is 0 Å². The average Bonchev–Trinajstić information content (AvgIpc) is 2.87. The van der Waals surface area contributed by atoms with E-state index in [1.54, 1.807) is 42.5 Å². The Hall–Kier alpha value is -4.20. The molecule has 2 N–H and O–H groups in total. The fourth-order valence-corrected chi connectivity index (χ4v) is 3.13. The number of likely N-dealkylation sites (N-methyl/N-ethyl adjacent to an activating group) is 1. The minimum absolute atomic E-state index is 0.0964. The summed E-state index contributed by atoms with van der Waals surface area (Å²) in [5, 5.41) is 5.50. The number of anilines is 1. The van der Waals surface area contributed by atoms with Crippen LogP contribution >= 0.6 is 0 Å². The standard InChI is InChI=1S/C27H30N2O6/c1-3-28-26(30)19-35-23-12-8-9-21(18-23)29-27(31)20-13-14-24(25(17-20)32-4-2)34-16-15-33-22-10-6-5-7-11-22/h5-14,17-18H,3-4,15-16,19H2,1-2H3,(H,28,30)(H,29,31). The van der Waals surface area contributed by atoms with E-state index in [2.05, 4.69) is 10.6 Å². The number of ether oxygens (including phenoxy) is 4. The average molecular weight is 479 g/mol. The van der Waals surface area contributed by atoms with Crippen molar-refractivity contribution in [3.05, 3.63) is 78.4 Å². The third-order valence-corrected chi connectivity index (χ3v) is 4.69. The Morgan fingerprint density at radius 3 is 2.29 bits per heavy atom. The third-order valence-electron chi connectivity index (χ3n) is 4.69. The second-order valence-electron chi connectivity index (χ2n) is 7.33. The number of amides is 2. The van der Waals surface area contributed by atoms with Gasteiger partial charge in [-0.2, -0.15) is 0 Å². The molecule has 0 aromatic heterocycles. The predicted molar refractivity (Wildman–Crippen MR) is 134 cm³/mol. The maximum Gasteiger partial charge on any atom is 0.257 e. The second kappa shape index (κ2) is 13.5. The number of benzene rings is 3. The Morgan fingerprint density at radius 2 is 1.51 bits per heavy atom. The third kappa shape index (κ3) is 8.26. The minimum Gasteiger partial charge on any atom is -0.490 e. The van der Waals surface area contributed by atoms with Gasteiger partial charge in [0.1, 0.15) is 24.7 Å². The largest absolute Gasteiger partial charge is 0.490 e. The summed E-state index contributed by atoms with van der Waals surface area (Å²) in [6, 6.07) is 21.4. The SMILES string of the molecule is CCNC(=O)COc1cccc(NC(=O)c2ccc(OCCOc3ccccc3)c(OCC)c2)c1. The van der Waals surface area contributed by atoms with Gasteiger partial charge in [0.05, 0.1) is 6.61 Å². The van der Waals surface area contributed by atoms with Gasteiger partial charge in [0.2, 0.25) is 0 Å². The van der Waals surface area contributed by atoms with Crippen molar-refractivity contribution < 1.29 is 28.5 Å². The molecule has 0 spiro atoms. The van der Waals surface area contributed by atoms with Crippen LogP contribution in [0.2, 0.25) is 0 Å². The first kappa shape index (κ1) is 25.4. The van der Waals surface area contributed by atoms with Crippen molar-refractivity contribution in [2.24, 2.45) is 0 Å². The molecule has 3 aromatic carbocycles. The highest BCUT2D eigenvalue weighted by Gasteiger charge is 2.13. The second-order valence-corrected chi connectivity index (χ2v) is 7.33. The van der Waals surface area contributed by atoms with Crippen molar-refractivity contribution in [2.75, 3.05) is 38.3 Å². The molecular weight excluding hydrogens is 448 g/mol. The summed E-state index contributed by atoms with van der Waals surface area (Å²) in [6.07, 6.45) is 0. The van der Waals surface area contributed by atoms with E-state index < -0.39 is 0 Å². The van der Waals surface area contributed by atoms with Crippen LogP contribution < -0.4 is 29.6 Å². The van der Waals surface area contributed by atoms with Crippen molar-refractivity contribution in [1.82, 2.24) is 5.32 Å². The van der Waals surface area contributed by atoms with Gasteiger partial charge in [-0.1, -0.05) is 24.3 Å². The van der Waals surface area contributed by atoms with E-state index in [0.29, 0.717) is 54.9 Å². The van der Waals surface area contributed by atoms with E-state index in [1.165, 1.54) is 0 Å². The molecule has 0 bridgehead atoms. The highest BCUT2D eigenvalue weighted by atomic mass is 16.5. The lowest BCUT2D eigenvalue weighted by Gasteiger charge is -2.14. The molecule has 0 aliphatic heterocycles. The molecule has 8 heteroatoms. The number of carbonyl (C=O) groups is 2. The zero-order valence-corrected chi connectivity index (χ0v) is 19.9. The van der Waals surface area contributed by atoms with E-state index >= 15 is 0 Å². The summed E-state index contributed by atoms with van der Waals surface area (Å²) in [6.45, 7) is 5.26. The lowest BCUT2D eigenvalue weighted by atomic mass is 10.1. The summed E-state index contributed by atoms with van der Waals surface area (Å²) in [5.41, 5.74) is 0.953. The Morgan fingerprint density at radius 1 is 0.743 bits per heavy atom. The zero-order valence-electron chi connectivity index (χ0n) is 19.9. The zero-order chi connectivity index (χ0) is 24.9. The monoisotopic (exact) mass is 478 g/mol. The van der Waals surface area contributed by atoms with E-state index in [1.807, 2.05) is 44.2 Å². The van der Waals surface area contributed by atoms with Crippen molar-refractivity contribution in [3.8, 4) is 23.0 Å². The van der Waals surface area contributed by atoms with Crippen LogP contribution in [-0.4, -0.2) is 44.8 Å². The molecule has 0 unspecified atom stereocenters. The summed E-state index contributed by atoms with van der Waals surface area (Å²) in [4.78, 5) is 24.4. The molecule has 0 radical (unpaired) electrons. The minimum atomic E-state index is -0.314. The highest BCUT2D eigenvalue weighted by molar-refractivity contribution is 6.04. The number of hydrogen-bond donors (Lipinski definition) is 2. The maximum atomic E-state index is 12.8. The molecule has 2 amide bonds. The molecule has 0 heterocycles. The number of rotatable bonds is 13. The molecule has 3 rings (SSSR count). The van der Waals surface area contributed by atoms with Crippen LogP contribution in [0, 0.1) is 0 Å². The lowest BCUT2D eigenvalue weighted by Crippen LogP contribution is -2.28.